The lowest BCUT2D eigenvalue weighted by Gasteiger charge is -2.37. The highest BCUT2D eigenvalue weighted by Crippen LogP contribution is 2.33. The molecule has 11 nitrogen and oxygen atoms in total. The van der Waals surface area contributed by atoms with E-state index in [1.165, 1.54) is 18.2 Å². The molecule has 222 valence electrons. The first kappa shape index (κ1) is 29.5. The van der Waals surface area contributed by atoms with Crippen LogP contribution >= 0.6 is 0 Å². The third kappa shape index (κ3) is 5.98. The standard InChI is InChI=1S/C29H35FN8O3S/c1-5-22(38-14-12-37(6-2)13-15-38)28(39)36-27-26-19(10-11-31-27)20(17-32-26)25-18(3)16-33-29(35-25)34-21-8-7-9-23(24(21)30)42(4,40)41/h7-11,16-17,22,32H,5-6,12-15H2,1-4H3,(H,31,36,39)(H,33,34,35). The Balaban J connectivity index is 1.41. The smallest absolute Gasteiger partial charge is 0.242 e. The molecule has 1 amide bonds. The molecule has 1 unspecified atom stereocenters. The number of nitrogens with one attached hydrogen (secondary N) is 3. The van der Waals surface area contributed by atoms with Gasteiger partial charge in [0.15, 0.2) is 21.5 Å². The normalized spacial score (nSPS) is 15.5. The summed E-state index contributed by atoms with van der Waals surface area (Å²) in [7, 11) is -3.75. The van der Waals surface area contributed by atoms with E-state index in [4.69, 9.17) is 0 Å². The van der Waals surface area contributed by atoms with Crippen molar-refractivity contribution in [3.8, 4) is 11.3 Å². The molecule has 0 radical (unpaired) electrons. The topological polar surface area (TPSA) is 136 Å². The fourth-order valence-electron chi connectivity index (χ4n) is 5.33. The molecular weight excluding hydrogens is 559 g/mol. The molecule has 3 N–H and O–H groups in total. The van der Waals surface area contributed by atoms with E-state index in [2.05, 4.69) is 47.3 Å². The number of benzene rings is 1. The molecule has 1 fully saturated rings. The molecule has 4 aromatic rings. The van der Waals surface area contributed by atoms with E-state index < -0.39 is 20.5 Å². The molecule has 1 aromatic carbocycles. The van der Waals surface area contributed by atoms with Crippen molar-refractivity contribution < 1.29 is 17.6 Å². The number of fused-ring (bicyclic) bond motifs is 1. The lowest BCUT2D eigenvalue weighted by Crippen LogP contribution is -2.53. The number of anilines is 3. The number of aryl methyl sites for hydroxylation is 1. The van der Waals surface area contributed by atoms with Gasteiger partial charge < -0.3 is 20.5 Å². The van der Waals surface area contributed by atoms with E-state index in [0.29, 0.717) is 23.4 Å². The molecule has 42 heavy (non-hydrogen) atoms. The van der Waals surface area contributed by atoms with Crippen molar-refractivity contribution in [1.82, 2.24) is 29.7 Å². The average molecular weight is 595 g/mol. The zero-order valence-electron chi connectivity index (χ0n) is 24.1. The number of rotatable bonds is 9. The van der Waals surface area contributed by atoms with Gasteiger partial charge in [-0.1, -0.05) is 19.9 Å². The van der Waals surface area contributed by atoms with Crippen molar-refractivity contribution >= 4 is 44.1 Å². The first-order valence-electron chi connectivity index (χ1n) is 13.9. The number of sulfone groups is 1. The van der Waals surface area contributed by atoms with Crippen LogP contribution in [-0.2, 0) is 14.6 Å². The number of carbonyl (C=O) groups excluding carboxylic acids is 1. The summed E-state index contributed by atoms with van der Waals surface area (Å²) < 4.78 is 38.9. The number of halogens is 1. The summed E-state index contributed by atoms with van der Waals surface area (Å²) in [5, 5.41) is 6.63. The minimum Gasteiger partial charge on any atom is -0.357 e. The lowest BCUT2D eigenvalue weighted by atomic mass is 10.1. The number of aromatic nitrogens is 4. The van der Waals surface area contributed by atoms with Gasteiger partial charge in [-0.05, 0) is 43.7 Å². The predicted octanol–water partition coefficient (Wildman–Crippen LogP) is 3.97. The predicted molar refractivity (Wildman–Crippen MR) is 161 cm³/mol. The number of carbonyl (C=O) groups is 1. The number of amides is 1. The van der Waals surface area contributed by atoms with Crippen molar-refractivity contribution in [2.75, 3.05) is 49.6 Å². The van der Waals surface area contributed by atoms with Crippen LogP contribution in [0, 0.1) is 12.7 Å². The SMILES string of the molecule is CCC(C(=O)Nc1nccc2c(-c3nc(Nc4cccc(S(C)(=O)=O)c4F)ncc3C)c[nH]c12)N1CCN(CC)CC1. The summed E-state index contributed by atoms with van der Waals surface area (Å²) in [6, 6.07) is 5.67. The molecule has 3 aromatic heterocycles. The molecule has 0 spiro atoms. The maximum absolute atomic E-state index is 15.0. The molecule has 0 bridgehead atoms. The number of hydrogen-bond donors (Lipinski definition) is 3. The van der Waals surface area contributed by atoms with E-state index in [1.807, 2.05) is 19.9 Å². The average Bonchev–Trinajstić information content (AvgIpc) is 3.40. The van der Waals surface area contributed by atoms with Crippen LogP contribution in [0.2, 0.25) is 0 Å². The van der Waals surface area contributed by atoms with Gasteiger partial charge in [0.25, 0.3) is 0 Å². The molecule has 1 aliphatic rings. The molecule has 1 saturated heterocycles. The molecule has 1 atom stereocenters. The number of piperazine rings is 1. The zero-order chi connectivity index (χ0) is 30.0. The van der Waals surface area contributed by atoms with Crippen LogP contribution < -0.4 is 10.6 Å². The van der Waals surface area contributed by atoms with Gasteiger partial charge in [-0.15, -0.1) is 0 Å². The number of likely N-dealkylation sites (N-methyl/N-ethyl adjacent to an activating group) is 1. The first-order valence-corrected chi connectivity index (χ1v) is 15.8. The van der Waals surface area contributed by atoms with Gasteiger partial charge in [-0.3, -0.25) is 9.69 Å². The van der Waals surface area contributed by atoms with Gasteiger partial charge >= 0.3 is 0 Å². The molecule has 0 aliphatic carbocycles. The second-order valence-corrected chi connectivity index (χ2v) is 12.4. The highest BCUT2D eigenvalue weighted by molar-refractivity contribution is 7.90. The summed E-state index contributed by atoms with van der Waals surface area (Å²) in [5.41, 5.74) is 2.71. The second-order valence-electron chi connectivity index (χ2n) is 10.4. The Labute approximate surface area is 244 Å². The maximum atomic E-state index is 15.0. The van der Waals surface area contributed by atoms with E-state index >= 15 is 0 Å². The van der Waals surface area contributed by atoms with Gasteiger partial charge in [0, 0.05) is 62.0 Å². The third-order valence-corrected chi connectivity index (χ3v) is 8.78. The highest BCUT2D eigenvalue weighted by Gasteiger charge is 2.28. The number of hydrogen-bond acceptors (Lipinski definition) is 9. The van der Waals surface area contributed by atoms with Crippen molar-refractivity contribution in [3.05, 3.63) is 54.2 Å². The molecule has 5 rings (SSSR count). The fourth-order valence-corrected chi connectivity index (χ4v) is 6.10. The third-order valence-electron chi connectivity index (χ3n) is 7.66. The zero-order valence-corrected chi connectivity index (χ0v) is 24.9. The number of pyridine rings is 1. The summed E-state index contributed by atoms with van der Waals surface area (Å²) >= 11 is 0. The number of nitrogens with zero attached hydrogens (tertiary/aromatic N) is 5. The molecule has 13 heteroatoms. The van der Waals surface area contributed by atoms with Crippen molar-refractivity contribution in [2.45, 2.75) is 38.1 Å². The van der Waals surface area contributed by atoms with Crippen LogP contribution in [0.15, 0.2) is 47.8 Å². The molecular formula is C29H35FN8O3S. The van der Waals surface area contributed by atoms with E-state index in [9.17, 15) is 17.6 Å². The Kier molecular flexibility index (Phi) is 8.53. The Morgan fingerprint density at radius 2 is 1.90 bits per heavy atom. The van der Waals surface area contributed by atoms with Crippen molar-refractivity contribution in [1.29, 1.82) is 0 Å². The van der Waals surface area contributed by atoms with E-state index in [1.54, 1.807) is 18.6 Å². The van der Waals surface area contributed by atoms with Gasteiger partial charge in [0.2, 0.25) is 11.9 Å². The Hall–Kier alpha value is -3.94. The highest BCUT2D eigenvalue weighted by atomic mass is 32.2. The largest absolute Gasteiger partial charge is 0.357 e. The van der Waals surface area contributed by atoms with Crippen LogP contribution in [-0.4, -0.2) is 89.1 Å². The minimum absolute atomic E-state index is 0.0533. The lowest BCUT2D eigenvalue weighted by molar-refractivity contribution is -0.122. The number of H-pyrrole nitrogens is 1. The van der Waals surface area contributed by atoms with Crippen molar-refractivity contribution in [3.63, 3.8) is 0 Å². The molecule has 0 saturated carbocycles. The monoisotopic (exact) mass is 594 g/mol. The summed E-state index contributed by atoms with van der Waals surface area (Å²) in [6.45, 7) is 10.6. The van der Waals surface area contributed by atoms with E-state index in [0.717, 1.165) is 55.5 Å². The maximum Gasteiger partial charge on any atom is 0.242 e. The Bertz CT molecular complexity index is 1720. The van der Waals surface area contributed by atoms with Crippen LogP contribution in [0.5, 0.6) is 0 Å². The second kappa shape index (κ2) is 12.1. The van der Waals surface area contributed by atoms with Crippen LogP contribution in [0.1, 0.15) is 25.8 Å². The molecule has 1 aliphatic heterocycles. The minimum atomic E-state index is -3.75. The summed E-state index contributed by atoms with van der Waals surface area (Å²) in [5.74, 6) is -0.464. The van der Waals surface area contributed by atoms with Crippen molar-refractivity contribution in [2.24, 2.45) is 0 Å². The quantitative estimate of drug-likeness (QED) is 0.263. The van der Waals surface area contributed by atoms with Crippen LogP contribution in [0.25, 0.3) is 22.2 Å². The fraction of sp³-hybridized carbons (Fsp3) is 0.379. The first-order chi connectivity index (χ1) is 20.1. The van der Waals surface area contributed by atoms with Gasteiger partial charge in [0.1, 0.15) is 4.90 Å². The van der Waals surface area contributed by atoms with Crippen LogP contribution in [0.3, 0.4) is 0 Å². The summed E-state index contributed by atoms with van der Waals surface area (Å²) in [6.07, 6.45) is 6.67. The van der Waals surface area contributed by atoms with Crippen LogP contribution in [0.4, 0.5) is 21.8 Å². The molecule has 4 heterocycles. The van der Waals surface area contributed by atoms with Gasteiger partial charge in [-0.2, -0.15) is 0 Å². The Morgan fingerprint density at radius 1 is 1.14 bits per heavy atom. The Morgan fingerprint density at radius 3 is 2.60 bits per heavy atom. The van der Waals surface area contributed by atoms with E-state index in [-0.39, 0.29) is 23.6 Å². The number of aromatic amines is 1. The van der Waals surface area contributed by atoms with Gasteiger partial charge in [0.05, 0.1) is 22.9 Å². The summed E-state index contributed by atoms with van der Waals surface area (Å²) in [4.78, 5) is 34.2. The van der Waals surface area contributed by atoms with Gasteiger partial charge in [-0.25, -0.2) is 27.8 Å².